The molecule has 0 aliphatic heterocycles. The van der Waals surface area contributed by atoms with Gasteiger partial charge in [-0.15, -0.1) is 0 Å². The van der Waals surface area contributed by atoms with E-state index in [1.807, 2.05) is 25.1 Å². The van der Waals surface area contributed by atoms with Gasteiger partial charge in [0.25, 0.3) is 5.91 Å². The second-order valence-electron chi connectivity index (χ2n) is 5.77. The zero-order chi connectivity index (χ0) is 19.6. The van der Waals surface area contributed by atoms with Gasteiger partial charge in [0, 0.05) is 18.2 Å². The quantitative estimate of drug-likeness (QED) is 0.571. The Morgan fingerprint density at radius 1 is 1.19 bits per heavy atom. The maximum atomic E-state index is 13.5. The predicted molar refractivity (Wildman–Crippen MR) is 101 cm³/mol. The minimum atomic E-state index is -0.641. The number of nitrogens with one attached hydrogen (secondary N) is 1. The average molecular weight is 371 g/mol. The van der Waals surface area contributed by atoms with E-state index in [-0.39, 0.29) is 12.4 Å². The molecule has 0 unspecified atom stereocenters. The van der Waals surface area contributed by atoms with Crippen LogP contribution in [-0.2, 0) is 20.9 Å². The molecular formula is C21H22FNO4. The SMILES string of the molecule is CCOc1ccccc1/C=C/C(=O)OCC(=O)NCc1ccc(C)c(F)c1. The van der Waals surface area contributed by atoms with E-state index in [1.54, 1.807) is 31.2 Å². The topological polar surface area (TPSA) is 64.6 Å². The van der Waals surface area contributed by atoms with Crippen molar-refractivity contribution in [1.82, 2.24) is 5.32 Å². The molecule has 0 spiro atoms. The smallest absolute Gasteiger partial charge is 0.331 e. The van der Waals surface area contributed by atoms with Crippen LogP contribution in [0.4, 0.5) is 4.39 Å². The lowest BCUT2D eigenvalue weighted by Gasteiger charge is -2.07. The number of rotatable bonds is 8. The Morgan fingerprint density at radius 3 is 2.70 bits per heavy atom. The van der Waals surface area contributed by atoms with Crippen molar-refractivity contribution in [2.24, 2.45) is 0 Å². The minimum absolute atomic E-state index is 0.158. The van der Waals surface area contributed by atoms with E-state index in [9.17, 15) is 14.0 Å². The van der Waals surface area contributed by atoms with E-state index in [0.29, 0.717) is 23.5 Å². The van der Waals surface area contributed by atoms with Crippen LogP contribution in [0.2, 0.25) is 0 Å². The summed E-state index contributed by atoms with van der Waals surface area (Å²) >= 11 is 0. The number of hydrogen-bond donors (Lipinski definition) is 1. The van der Waals surface area contributed by atoms with Crippen LogP contribution in [0.1, 0.15) is 23.6 Å². The van der Waals surface area contributed by atoms with Gasteiger partial charge in [0.2, 0.25) is 0 Å². The molecule has 0 aliphatic carbocycles. The molecule has 0 heterocycles. The lowest BCUT2D eigenvalue weighted by molar-refractivity contribution is -0.143. The highest BCUT2D eigenvalue weighted by Crippen LogP contribution is 2.19. The van der Waals surface area contributed by atoms with Crippen LogP contribution in [0.3, 0.4) is 0 Å². The molecule has 0 fully saturated rings. The van der Waals surface area contributed by atoms with Crippen molar-refractivity contribution in [1.29, 1.82) is 0 Å². The lowest BCUT2D eigenvalue weighted by atomic mass is 10.1. The summed E-state index contributed by atoms with van der Waals surface area (Å²) in [6, 6.07) is 12.0. The number of carbonyl (C=O) groups excluding carboxylic acids is 2. The molecule has 142 valence electrons. The first-order chi connectivity index (χ1) is 13.0. The van der Waals surface area contributed by atoms with Crippen molar-refractivity contribution in [3.8, 4) is 5.75 Å². The fourth-order valence-corrected chi connectivity index (χ4v) is 2.25. The summed E-state index contributed by atoms with van der Waals surface area (Å²) < 4.78 is 23.8. The first-order valence-corrected chi connectivity index (χ1v) is 8.58. The number of aryl methyl sites for hydroxylation is 1. The molecule has 0 radical (unpaired) electrons. The highest BCUT2D eigenvalue weighted by atomic mass is 19.1. The van der Waals surface area contributed by atoms with Gasteiger partial charge in [0.15, 0.2) is 6.61 Å². The van der Waals surface area contributed by atoms with Gasteiger partial charge in [-0.2, -0.15) is 0 Å². The largest absolute Gasteiger partial charge is 0.493 e. The van der Waals surface area contributed by atoms with Crippen molar-refractivity contribution in [2.45, 2.75) is 20.4 Å². The number of amides is 1. The second-order valence-corrected chi connectivity index (χ2v) is 5.77. The van der Waals surface area contributed by atoms with Crippen LogP contribution >= 0.6 is 0 Å². The molecule has 0 atom stereocenters. The molecule has 1 N–H and O–H groups in total. The van der Waals surface area contributed by atoms with Gasteiger partial charge in [0.05, 0.1) is 6.61 Å². The van der Waals surface area contributed by atoms with Crippen molar-refractivity contribution < 1.29 is 23.5 Å². The Balaban J connectivity index is 1.79. The van der Waals surface area contributed by atoms with Crippen molar-refractivity contribution >= 4 is 18.0 Å². The highest BCUT2D eigenvalue weighted by molar-refractivity contribution is 5.89. The molecule has 6 heteroatoms. The summed E-state index contributed by atoms with van der Waals surface area (Å²) in [5, 5.41) is 2.57. The van der Waals surface area contributed by atoms with E-state index >= 15 is 0 Å². The third kappa shape index (κ3) is 6.58. The Morgan fingerprint density at radius 2 is 1.96 bits per heavy atom. The summed E-state index contributed by atoms with van der Waals surface area (Å²) in [5.41, 5.74) is 1.91. The van der Waals surface area contributed by atoms with Crippen molar-refractivity contribution in [3.63, 3.8) is 0 Å². The van der Waals surface area contributed by atoms with Gasteiger partial charge in [-0.1, -0.05) is 30.3 Å². The third-order valence-electron chi connectivity index (χ3n) is 3.69. The number of ether oxygens (including phenoxy) is 2. The molecular weight excluding hydrogens is 349 g/mol. The van der Waals surface area contributed by atoms with Gasteiger partial charge in [-0.3, -0.25) is 4.79 Å². The molecule has 1 amide bonds. The normalized spacial score (nSPS) is 10.6. The van der Waals surface area contributed by atoms with Gasteiger partial charge in [0.1, 0.15) is 11.6 Å². The standard InChI is InChI=1S/C21H22FNO4/c1-3-26-19-7-5-4-6-17(19)10-11-21(25)27-14-20(24)23-13-16-9-8-15(2)18(22)12-16/h4-12H,3,13-14H2,1-2H3,(H,23,24)/b11-10+. The number of para-hydroxylation sites is 1. The van der Waals surface area contributed by atoms with Crippen molar-refractivity contribution in [3.05, 3.63) is 71.0 Å². The summed E-state index contributed by atoms with van der Waals surface area (Å²) in [7, 11) is 0. The second kappa shape index (κ2) is 10.1. The Hall–Kier alpha value is -3.15. The first kappa shape index (κ1) is 20.2. The summed E-state index contributed by atoms with van der Waals surface area (Å²) in [4.78, 5) is 23.5. The van der Waals surface area contributed by atoms with Crippen LogP contribution in [0.25, 0.3) is 6.08 Å². The summed E-state index contributed by atoms with van der Waals surface area (Å²) in [5.74, 6) is -0.775. The lowest BCUT2D eigenvalue weighted by Crippen LogP contribution is -2.28. The van der Waals surface area contributed by atoms with Crippen LogP contribution in [0, 0.1) is 12.7 Å². The molecule has 27 heavy (non-hydrogen) atoms. The maximum absolute atomic E-state index is 13.5. The van der Waals surface area contributed by atoms with E-state index in [2.05, 4.69) is 5.32 Å². The van der Waals surface area contributed by atoms with Gasteiger partial charge >= 0.3 is 5.97 Å². The Kier molecular flexibility index (Phi) is 7.55. The Bertz CT molecular complexity index is 833. The molecule has 0 saturated heterocycles. The average Bonchev–Trinajstić information content (AvgIpc) is 2.67. The molecule has 2 rings (SSSR count). The first-order valence-electron chi connectivity index (χ1n) is 8.58. The molecule has 5 nitrogen and oxygen atoms in total. The van der Waals surface area contributed by atoms with E-state index in [0.717, 1.165) is 5.56 Å². The van der Waals surface area contributed by atoms with E-state index in [4.69, 9.17) is 9.47 Å². The zero-order valence-corrected chi connectivity index (χ0v) is 15.3. The van der Waals surface area contributed by atoms with Gasteiger partial charge in [-0.25, -0.2) is 9.18 Å². The maximum Gasteiger partial charge on any atom is 0.331 e. The number of carbonyl (C=O) groups is 2. The van der Waals surface area contributed by atoms with Crippen LogP contribution in [0.15, 0.2) is 48.5 Å². The van der Waals surface area contributed by atoms with E-state index in [1.165, 1.54) is 12.1 Å². The monoisotopic (exact) mass is 371 g/mol. The van der Waals surface area contributed by atoms with E-state index < -0.39 is 18.5 Å². The molecule has 0 aromatic heterocycles. The molecule has 0 aliphatic rings. The predicted octanol–water partition coefficient (Wildman–Crippen LogP) is 3.41. The molecule has 2 aromatic rings. The number of hydrogen-bond acceptors (Lipinski definition) is 4. The fourth-order valence-electron chi connectivity index (χ4n) is 2.25. The van der Waals surface area contributed by atoms with Gasteiger partial charge < -0.3 is 14.8 Å². The molecule has 2 aromatic carbocycles. The summed E-state index contributed by atoms with van der Waals surface area (Å²) in [6.07, 6.45) is 2.81. The zero-order valence-electron chi connectivity index (χ0n) is 15.3. The number of benzene rings is 2. The summed E-state index contributed by atoms with van der Waals surface area (Å²) in [6.45, 7) is 3.80. The van der Waals surface area contributed by atoms with Gasteiger partial charge in [-0.05, 0) is 43.2 Å². The minimum Gasteiger partial charge on any atom is -0.493 e. The third-order valence-corrected chi connectivity index (χ3v) is 3.69. The van der Waals surface area contributed by atoms with Crippen LogP contribution in [0.5, 0.6) is 5.75 Å². The highest BCUT2D eigenvalue weighted by Gasteiger charge is 2.07. The van der Waals surface area contributed by atoms with Crippen LogP contribution < -0.4 is 10.1 Å². The Labute approximate surface area is 157 Å². The van der Waals surface area contributed by atoms with Crippen LogP contribution in [-0.4, -0.2) is 25.1 Å². The fraction of sp³-hybridized carbons (Fsp3) is 0.238. The van der Waals surface area contributed by atoms with Crippen molar-refractivity contribution in [2.75, 3.05) is 13.2 Å². The molecule has 0 bridgehead atoms. The molecule has 0 saturated carbocycles. The number of halogens is 1. The number of esters is 1.